The standard InChI is InChI=1S/C20H20N6S.ClH/c1-2-5-15(6-3-1)20-23-16(14-27-20)13-25-10-8-22-19(25)18-11-17-12-21-7-4-9-26(17)24-18;/h1-3,5-6,8,10-11,14,21H,4,7,9,12-13H2;1H. The lowest BCUT2D eigenvalue weighted by Crippen LogP contribution is -2.11. The van der Waals surface area contributed by atoms with Gasteiger partial charge < -0.3 is 9.88 Å². The van der Waals surface area contributed by atoms with Crippen molar-refractivity contribution in [1.82, 2.24) is 29.6 Å². The van der Waals surface area contributed by atoms with E-state index in [1.807, 2.05) is 30.6 Å². The molecule has 0 atom stereocenters. The first-order valence-corrected chi connectivity index (χ1v) is 10.0. The maximum absolute atomic E-state index is 4.80. The molecule has 5 rings (SSSR count). The molecule has 0 bridgehead atoms. The molecule has 0 amide bonds. The van der Waals surface area contributed by atoms with E-state index in [4.69, 9.17) is 10.1 Å². The number of hydrogen-bond donors (Lipinski definition) is 1. The number of aromatic nitrogens is 5. The Labute approximate surface area is 173 Å². The van der Waals surface area contributed by atoms with Crippen LogP contribution in [0.4, 0.5) is 0 Å². The van der Waals surface area contributed by atoms with Gasteiger partial charge in [0.25, 0.3) is 0 Å². The number of benzene rings is 1. The summed E-state index contributed by atoms with van der Waals surface area (Å²) in [6.07, 6.45) is 4.94. The predicted molar refractivity (Wildman–Crippen MR) is 114 cm³/mol. The fourth-order valence-electron chi connectivity index (χ4n) is 3.41. The van der Waals surface area contributed by atoms with Gasteiger partial charge in [0, 0.05) is 36.4 Å². The van der Waals surface area contributed by atoms with Crippen molar-refractivity contribution in [2.24, 2.45) is 0 Å². The van der Waals surface area contributed by atoms with Gasteiger partial charge in [-0.2, -0.15) is 5.10 Å². The molecule has 0 fully saturated rings. The summed E-state index contributed by atoms with van der Waals surface area (Å²) in [5.41, 5.74) is 4.35. The molecule has 1 aliphatic rings. The summed E-state index contributed by atoms with van der Waals surface area (Å²) in [6, 6.07) is 12.4. The summed E-state index contributed by atoms with van der Waals surface area (Å²) in [4.78, 5) is 9.36. The summed E-state index contributed by atoms with van der Waals surface area (Å²) >= 11 is 1.68. The average molecular weight is 413 g/mol. The number of rotatable bonds is 4. The Kier molecular flexibility index (Phi) is 5.57. The lowest BCUT2D eigenvalue weighted by molar-refractivity contribution is 0.587. The molecule has 0 radical (unpaired) electrons. The SMILES string of the molecule is Cl.c1ccc(-c2nc(Cn3ccnc3-c3cc4n(n3)CCCNC4)cs2)cc1. The van der Waals surface area contributed by atoms with Crippen molar-refractivity contribution in [2.45, 2.75) is 26.1 Å². The smallest absolute Gasteiger partial charge is 0.160 e. The van der Waals surface area contributed by atoms with E-state index in [1.165, 1.54) is 5.69 Å². The van der Waals surface area contributed by atoms with Gasteiger partial charge in [-0.25, -0.2) is 9.97 Å². The van der Waals surface area contributed by atoms with Crippen LogP contribution in [-0.4, -0.2) is 30.9 Å². The molecular formula is C20H21ClN6S. The minimum Gasteiger partial charge on any atom is -0.324 e. The maximum atomic E-state index is 4.80. The number of hydrogen-bond acceptors (Lipinski definition) is 5. The lowest BCUT2D eigenvalue weighted by atomic mass is 10.2. The number of nitrogens with zero attached hydrogens (tertiary/aromatic N) is 5. The van der Waals surface area contributed by atoms with Crippen molar-refractivity contribution in [3.63, 3.8) is 0 Å². The first-order valence-electron chi connectivity index (χ1n) is 9.15. The van der Waals surface area contributed by atoms with E-state index in [9.17, 15) is 0 Å². The van der Waals surface area contributed by atoms with Gasteiger partial charge in [0.05, 0.1) is 17.9 Å². The lowest BCUT2D eigenvalue weighted by Gasteiger charge is -2.04. The molecule has 0 unspecified atom stereocenters. The minimum atomic E-state index is 0. The largest absolute Gasteiger partial charge is 0.324 e. The molecule has 1 aliphatic heterocycles. The van der Waals surface area contributed by atoms with Crippen LogP contribution < -0.4 is 5.32 Å². The van der Waals surface area contributed by atoms with Crippen molar-refractivity contribution in [2.75, 3.05) is 6.54 Å². The third kappa shape index (κ3) is 3.73. The molecule has 3 aromatic heterocycles. The monoisotopic (exact) mass is 412 g/mol. The highest BCUT2D eigenvalue weighted by molar-refractivity contribution is 7.13. The molecule has 28 heavy (non-hydrogen) atoms. The molecule has 144 valence electrons. The Morgan fingerprint density at radius 2 is 2.07 bits per heavy atom. The van der Waals surface area contributed by atoms with Gasteiger partial charge in [-0.05, 0) is 19.0 Å². The van der Waals surface area contributed by atoms with Crippen LogP contribution in [0.15, 0.2) is 54.2 Å². The summed E-state index contributed by atoms with van der Waals surface area (Å²) in [5.74, 6) is 0.893. The third-order valence-corrected chi connectivity index (χ3v) is 5.68. The minimum absolute atomic E-state index is 0. The van der Waals surface area contributed by atoms with Gasteiger partial charge in [0.1, 0.15) is 10.7 Å². The number of thiazole rings is 1. The van der Waals surface area contributed by atoms with Crippen LogP contribution in [0.3, 0.4) is 0 Å². The van der Waals surface area contributed by atoms with E-state index < -0.39 is 0 Å². The second-order valence-corrected chi connectivity index (χ2v) is 7.52. The first-order chi connectivity index (χ1) is 13.4. The van der Waals surface area contributed by atoms with Crippen LogP contribution >= 0.6 is 23.7 Å². The predicted octanol–water partition coefficient (Wildman–Crippen LogP) is 3.83. The van der Waals surface area contributed by atoms with Gasteiger partial charge in [0.2, 0.25) is 0 Å². The number of aryl methyl sites for hydroxylation is 1. The number of imidazole rings is 1. The van der Waals surface area contributed by atoms with Crippen LogP contribution in [0.1, 0.15) is 17.8 Å². The highest BCUT2D eigenvalue weighted by atomic mass is 35.5. The summed E-state index contributed by atoms with van der Waals surface area (Å²) in [6.45, 7) is 3.55. The molecule has 1 N–H and O–H groups in total. The van der Waals surface area contributed by atoms with E-state index in [1.54, 1.807) is 11.3 Å². The number of halogens is 1. The van der Waals surface area contributed by atoms with E-state index in [0.29, 0.717) is 6.54 Å². The van der Waals surface area contributed by atoms with Gasteiger partial charge in [-0.15, -0.1) is 23.7 Å². The second-order valence-electron chi connectivity index (χ2n) is 6.66. The van der Waals surface area contributed by atoms with E-state index >= 15 is 0 Å². The zero-order valence-electron chi connectivity index (χ0n) is 15.3. The van der Waals surface area contributed by atoms with Crippen molar-refractivity contribution in [3.05, 3.63) is 65.6 Å². The molecule has 0 spiro atoms. The molecule has 6 nitrogen and oxygen atoms in total. The normalized spacial score (nSPS) is 13.6. The van der Waals surface area contributed by atoms with E-state index in [2.05, 4.69) is 43.1 Å². The van der Waals surface area contributed by atoms with Gasteiger partial charge in [-0.3, -0.25) is 4.68 Å². The summed E-state index contributed by atoms with van der Waals surface area (Å²) < 4.78 is 4.23. The quantitative estimate of drug-likeness (QED) is 0.553. The fourth-order valence-corrected chi connectivity index (χ4v) is 4.23. The Morgan fingerprint density at radius 1 is 1.18 bits per heavy atom. The van der Waals surface area contributed by atoms with Crippen LogP contribution in [0, 0.1) is 0 Å². The molecular weight excluding hydrogens is 392 g/mol. The van der Waals surface area contributed by atoms with Crippen LogP contribution in [0.2, 0.25) is 0 Å². The Bertz CT molecular complexity index is 1030. The zero-order chi connectivity index (χ0) is 18.1. The van der Waals surface area contributed by atoms with Crippen LogP contribution in [0.25, 0.3) is 22.1 Å². The molecule has 8 heteroatoms. The second kappa shape index (κ2) is 8.26. The maximum Gasteiger partial charge on any atom is 0.160 e. The summed E-state index contributed by atoms with van der Waals surface area (Å²) in [5, 5.41) is 11.4. The zero-order valence-corrected chi connectivity index (χ0v) is 16.9. The fraction of sp³-hybridized carbons (Fsp3) is 0.250. The Morgan fingerprint density at radius 3 is 2.96 bits per heavy atom. The Balaban J connectivity index is 0.00000192. The Hall–Kier alpha value is -2.48. The van der Waals surface area contributed by atoms with Gasteiger partial charge >= 0.3 is 0 Å². The highest BCUT2D eigenvalue weighted by Gasteiger charge is 2.16. The van der Waals surface area contributed by atoms with Crippen molar-refractivity contribution < 1.29 is 0 Å². The topological polar surface area (TPSA) is 60.6 Å². The molecule has 0 aliphatic carbocycles. The van der Waals surface area contributed by atoms with Crippen molar-refractivity contribution >= 4 is 23.7 Å². The van der Waals surface area contributed by atoms with Gasteiger partial charge in [-0.1, -0.05) is 30.3 Å². The molecule has 0 saturated heterocycles. The highest BCUT2D eigenvalue weighted by Crippen LogP contribution is 2.25. The van der Waals surface area contributed by atoms with E-state index in [-0.39, 0.29) is 12.4 Å². The van der Waals surface area contributed by atoms with Crippen LogP contribution in [-0.2, 0) is 19.6 Å². The average Bonchev–Trinajstić information content (AvgIpc) is 3.41. The molecule has 1 aromatic carbocycles. The van der Waals surface area contributed by atoms with Crippen LogP contribution in [0.5, 0.6) is 0 Å². The first kappa shape index (κ1) is 18.9. The molecule has 4 heterocycles. The van der Waals surface area contributed by atoms with Gasteiger partial charge in [0.15, 0.2) is 5.82 Å². The van der Waals surface area contributed by atoms with Crippen molar-refractivity contribution in [1.29, 1.82) is 0 Å². The van der Waals surface area contributed by atoms with E-state index in [0.717, 1.165) is 53.8 Å². The van der Waals surface area contributed by atoms with Crippen molar-refractivity contribution in [3.8, 4) is 22.1 Å². The third-order valence-electron chi connectivity index (χ3n) is 4.74. The number of fused-ring (bicyclic) bond motifs is 1. The molecule has 0 saturated carbocycles. The number of nitrogens with one attached hydrogen (secondary N) is 1. The molecule has 4 aromatic rings. The summed E-state index contributed by atoms with van der Waals surface area (Å²) in [7, 11) is 0.